The number of ether oxygens (including phenoxy) is 1. The second kappa shape index (κ2) is 6.49. The van der Waals surface area contributed by atoms with Gasteiger partial charge < -0.3 is 10.5 Å². The Kier molecular flexibility index (Phi) is 5.28. The van der Waals surface area contributed by atoms with Gasteiger partial charge in [0.05, 0.1) is 12.2 Å². The number of anilines is 1. The minimum absolute atomic E-state index is 0.113. The fourth-order valence-electron chi connectivity index (χ4n) is 1.28. The molecule has 2 N–H and O–H groups in total. The summed E-state index contributed by atoms with van der Waals surface area (Å²) >= 11 is 1.37. The van der Waals surface area contributed by atoms with Crippen LogP contribution in [0.3, 0.4) is 0 Å². The second-order valence-corrected chi connectivity index (χ2v) is 4.58. The van der Waals surface area contributed by atoms with Crippen LogP contribution in [0.2, 0.25) is 0 Å². The van der Waals surface area contributed by atoms with Crippen LogP contribution in [0, 0.1) is 5.82 Å². The Morgan fingerprint density at radius 1 is 1.47 bits per heavy atom. The van der Waals surface area contributed by atoms with E-state index in [1.807, 2.05) is 6.92 Å². The summed E-state index contributed by atoms with van der Waals surface area (Å²) in [5.74, 6) is -0.110. The van der Waals surface area contributed by atoms with E-state index in [0.29, 0.717) is 4.90 Å². The molecule has 0 bridgehead atoms. The first kappa shape index (κ1) is 13.8. The van der Waals surface area contributed by atoms with Crippen molar-refractivity contribution >= 4 is 23.4 Å². The summed E-state index contributed by atoms with van der Waals surface area (Å²) in [5, 5.41) is 0. The standard InChI is InChI=1S/C12H16FNO2S/c1-3-5-17-11-6-8(12(15)16-4-2)10(14)7-9(11)13/h6-7H,3-5,14H2,1-2H3. The quantitative estimate of drug-likeness (QED) is 0.500. The highest BCUT2D eigenvalue weighted by Crippen LogP contribution is 2.27. The van der Waals surface area contributed by atoms with Crippen LogP contribution in [-0.2, 0) is 4.74 Å². The highest BCUT2D eigenvalue weighted by molar-refractivity contribution is 7.99. The molecule has 1 aromatic carbocycles. The van der Waals surface area contributed by atoms with E-state index in [-0.39, 0.29) is 17.9 Å². The molecule has 0 saturated heterocycles. The van der Waals surface area contributed by atoms with Gasteiger partial charge in [-0.15, -0.1) is 11.8 Å². The van der Waals surface area contributed by atoms with E-state index in [4.69, 9.17) is 10.5 Å². The lowest BCUT2D eigenvalue weighted by Gasteiger charge is -2.08. The van der Waals surface area contributed by atoms with E-state index in [2.05, 4.69) is 0 Å². The van der Waals surface area contributed by atoms with Crippen molar-refractivity contribution in [1.29, 1.82) is 0 Å². The summed E-state index contributed by atoms with van der Waals surface area (Å²) in [6.07, 6.45) is 0.934. The Hall–Kier alpha value is -1.23. The predicted octanol–water partition coefficient (Wildman–Crippen LogP) is 3.09. The van der Waals surface area contributed by atoms with Crippen molar-refractivity contribution in [3.63, 3.8) is 0 Å². The zero-order chi connectivity index (χ0) is 12.8. The van der Waals surface area contributed by atoms with Gasteiger partial charge in [0.25, 0.3) is 0 Å². The van der Waals surface area contributed by atoms with E-state index < -0.39 is 11.8 Å². The lowest BCUT2D eigenvalue weighted by atomic mass is 10.2. The zero-order valence-corrected chi connectivity index (χ0v) is 10.8. The third-order valence-corrected chi connectivity index (χ3v) is 3.30. The van der Waals surface area contributed by atoms with Crippen molar-refractivity contribution in [1.82, 2.24) is 0 Å². The Labute approximate surface area is 105 Å². The molecule has 3 nitrogen and oxygen atoms in total. The fraction of sp³-hybridized carbons (Fsp3) is 0.417. The average Bonchev–Trinajstić information content (AvgIpc) is 2.28. The van der Waals surface area contributed by atoms with Gasteiger partial charge in [0.1, 0.15) is 5.82 Å². The van der Waals surface area contributed by atoms with Crippen LogP contribution >= 0.6 is 11.8 Å². The monoisotopic (exact) mass is 257 g/mol. The van der Waals surface area contributed by atoms with Crippen LogP contribution in [-0.4, -0.2) is 18.3 Å². The van der Waals surface area contributed by atoms with Crippen LogP contribution in [0.15, 0.2) is 17.0 Å². The van der Waals surface area contributed by atoms with E-state index in [9.17, 15) is 9.18 Å². The normalized spacial score (nSPS) is 10.3. The molecule has 0 saturated carbocycles. The third-order valence-electron chi connectivity index (χ3n) is 2.06. The number of thioether (sulfide) groups is 1. The molecule has 0 aliphatic carbocycles. The molecule has 94 valence electrons. The molecule has 0 aliphatic rings. The number of rotatable bonds is 5. The third kappa shape index (κ3) is 3.63. The van der Waals surface area contributed by atoms with Crippen LogP contribution in [0.4, 0.5) is 10.1 Å². The molecule has 0 radical (unpaired) electrons. The fourth-order valence-corrected chi connectivity index (χ4v) is 2.10. The summed E-state index contributed by atoms with van der Waals surface area (Å²) in [6.45, 7) is 3.99. The smallest absolute Gasteiger partial charge is 0.340 e. The van der Waals surface area contributed by atoms with Crippen molar-refractivity contribution in [3.8, 4) is 0 Å². The van der Waals surface area contributed by atoms with Gasteiger partial charge in [-0.05, 0) is 31.2 Å². The van der Waals surface area contributed by atoms with Crippen molar-refractivity contribution in [3.05, 3.63) is 23.5 Å². The molecule has 0 fully saturated rings. The Morgan fingerprint density at radius 2 is 2.18 bits per heavy atom. The molecule has 17 heavy (non-hydrogen) atoms. The molecular weight excluding hydrogens is 241 g/mol. The number of hydrogen-bond donors (Lipinski definition) is 1. The van der Waals surface area contributed by atoms with Crippen LogP contribution in [0.1, 0.15) is 30.6 Å². The molecule has 0 unspecified atom stereocenters. The average molecular weight is 257 g/mol. The lowest BCUT2D eigenvalue weighted by molar-refractivity contribution is 0.0527. The van der Waals surface area contributed by atoms with E-state index in [1.54, 1.807) is 6.92 Å². The SMILES string of the molecule is CCCSc1cc(C(=O)OCC)c(N)cc1F. The largest absolute Gasteiger partial charge is 0.462 e. The lowest BCUT2D eigenvalue weighted by Crippen LogP contribution is -2.09. The first-order valence-electron chi connectivity index (χ1n) is 5.49. The number of nitrogen functional groups attached to an aromatic ring is 1. The van der Waals surface area contributed by atoms with Crippen LogP contribution in [0.5, 0.6) is 0 Å². The summed E-state index contributed by atoms with van der Waals surface area (Å²) in [7, 11) is 0. The van der Waals surface area contributed by atoms with Gasteiger partial charge in [-0.3, -0.25) is 0 Å². The Balaban J connectivity index is 3.01. The van der Waals surface area contributed by atoms with Gasteiger partial charge in [-0.2, -0.15) is 0 Å². The summed E-state index contributed by atoms with van der Waals surface area (Å²) in [4.78, 5) is 12.0. The second-order valence-electron chi connectivity index (χ2n) is 3.44. The van der Waals surface area contributed by atoms with Gasteiger partial charge in [-0.25, -0.2) is 9.18 Å². The summed E-state index contributed by atoms with van der Waals surface area (Å²) < 4.78 is 18.4. The van der Waals surface area contributed by atoms with Crippen molar-refractivity contribution in [2.45, 2.75) is 25.2 Å². The minimum atomic E-state index is -0.511. The van der Waals surface area contributed by atoms with Crippen LogP contribution in [0.25, 0.3) is 0 Å². The van der Waals surface area contributed by atoms with Gasteiger partial charge in [0.2, 0.25) is 0 Å². The van der Waals surface area contributed by atoms with Gasteiger partial charge in [0, 0.05) is 10.6 Å². The maximum absolute atomic E-state index is 13.6. The zero-order valence-electron chi connectivity index (χ0n) is 9.96. The van der Waals surface area contributed by atoms with Crippen molar-refractivity contribution in [2.75, 3.05) is 18.1 Å². The Bertz CT molecular complexity index is 410. The first-order valence-corrected chi connectivity index (χ1v) is 6.47. The number of esters is 1. The predicted molar refractivity (Wildman–Crippen MR) is 67.8 cm³/mol. The maximum atomic E-state index is 13.6. The van der Waals surface area contributed by atoms with E-state index in [1.165, 1.54) is 23.9 Å². The van der Waals surface area contributed by atoms with Crippen molar-refractivity contribution < 1.29 is 13.9 Å². The molecule has 1 aromatic rings. The van der Waals surface area contributed by atoms with Crippen molar-refractivity contribution in [2.24, 2.45) is 0 Å². The minimum Gasteiger partial charge on any atom is -0.462 e. The number of nitrogens with two attached hydrogens (primary N) is 1. The van der Waals surface area contributed by atoms with E-state index in [0.717, 1.165) is 12.2 Å². The number of carbonyl (C=O) groups is 1. The molecular formula is C12H16FNO2S. The van der Waals surface area contributed by atoms with Gasteiger partial charge in [-0.1, -0.05) is 6.92 Å². The molecule has 0 atom stereocenters. The molecule has 0 amide bonds. The number of benzene rings is 1. The number of carbonyl (C=O) groups excluding carboxylic acids is 1. The molecule has 0 aromatic heterocycles. The molecule has 5 heteroatoms. The highest BCUT2D eigenvalue weighted by Gasteiger charge is 2.15. The van der Waals surface area contributed by atoms with Crippen LogP contribution < -0.4 is 5.73 Å². The highest BCUT2D eigenvalue weighted by atomic mass is 32.2. The molecule has 1 rings (SSSR count). The number of hydrogen-bond acceptors (Lipinski definition) is 4. The summed E-state index contributed by atoms with van der Waals surface area (Å²) in [6, 6.07) is 2.63. The first-order chi connectivity index (χ1) is 8.10. The topological polar surface area (TPSA) is 52.3 Å². The summed E-state index contributed by atoms with van der Waals surface area (Å²) in [5.41, 5.74) is 5.94. The molecule has 0 heterocycles. The number of halogens is 1. The van der Waals surface area contributed by atoms with E-state index >= 15 is 0 Å². The van der Waals surface area contributed by atoms with Gasteiger partial charge in [0.15, 0.2) is 0 Å². The maximum Gasteiger partial charge on any atom is 0.340 e. The molecule has 0 spiro atoms. The van der Waals surface area contributed by atoms with Gasteiger partial charge >= 0.3 is 5.97 Å². The Morgan fingerprint density at radius 3 is 2.76 bits per heavy atom. The molecule has 0 aliphatic heterocycles.